The molecule has 0 aliphatic carbocycles. The normalized spacial score (nSPS) is 15.4. The van der Waals surface area contributed by atoms with E-state index in [1.54, 1.807) is 0 Å². The van der Waals surface area contributed by atoms with E-state index >= 15 is 0 Å². The third-order valence-corrected chi connectivity index (χ3v) is 1.71. The van der Waals surface area contributed by atoms with Gasteiger partial charge in [-0.25, -0.2) is 0 Å². The number of aliphatic hydroxyl groups excluding tert-OH is 1. The van der Waals surface area contributed by atoms with Gasteiger partial charge in [-0.2, -0.15) is 13.2 Å². The fourth-order valence-electron chi connectivity index (χ4n) is 0.968. The molecule has 0 spiro atoms. The highest BCUT2D eigenvalue weighted by Crippen LogP contribution is 2.22. The van der Waals surface area contributed by atoms with Crippen molar-refractivity contribution in [2.24, 2.45) is 0 Å². The van der Waals surface area contributed by atoms with E-state index in [0.29, 0.717) is 0 Å². The monoisotopic (exact) mass is 228 g/mol. The highest BCUT2D eigenvalue weighted by atomic mass is 19.4. The van der Waals surface area contributed by atoms with Crippen molar-refractivity contribution in [3.8, 4) is 0 Å². The minimum absolute atomic E-state index is 0.0574. The molecule has 92 valence electrons. The van der Waals surface area contributed by atoms with E-state index in [1.807, 2.05) is 20.8 Å². The predicted octanol–water partition coefficient (Wildman–Crippen LogP) is 2.90. The lowest BCUT2D eigenvalue weighted by atomic mass is 10.1. The maximum Gasteiger partial charge on any atom is 0.389 e. The van der Waals surface area contributed by atoms with Gasteiger partial charge in [0.05, 0.1) is 18.3 Å². The summed E-state index contributed by atoms with van der Waals surface area (Å²) < 4.78 is 40.5. The molecule has 0 aliphatic rings. The smallest absolute Gasteiger partial charge is 0.389 e. The van der Waals surface area contributed by atoms with Crippen molar-refractivity contribution in [3.05, 3.63) is 0 Å². The Morgan fingerprint density at radius 2 is 1.73 bits per heavy atom. The van der Waals surface area contributed by atoms with Crippen molar-refractivity contribution in [2.45, 2.75) is 57.9 Å². The number of hydrogen-bond acceptors (Lipinski definition) is 2. The van der Waals surface area contributed by atoms with Crippen LogP contribution in [0.5, 0.6) is 0 Å². The molecule has 0 saturated heterocycles. The van der Waals surface area contributed by atoms with Crippen LogP contribution in [0.2, 0.25) is 0 Å². The summed E-state index contributed by atoms with van der Waals surface area (Å²) in [7, 11) is 0. The zero-order chi connectivity index (χ0) is 12.1. The van der Waals surface area contributed by atoms with Gasteiger partial charge in [0.15, 0.2) is 0 Å². The second-order valence-corrected chi connectivity index (χ2v) is 4.58. The molecule has 0 rings (SSSR count). The van der Waals surface area contributed by atoms with Crippen LogP contribution in [0.3, 0.4) is 0 Å². The third-order valence-electron chi connectivity index (χ3n) is 1.71. The van der Waals surface area contributed by atoms with E-state index in [9.17, 15) is 18.3 Å². The molecule has 1 atom stereocenters. The fourth-order valence-corrected chi connectivity index (χ4v) is 0.968. The molecule has 0 aromatic rings. The van der Waals surface area contributed by atoms with E-state index in [2.05, 4.69) is 0 Å². The Balaban J connectivity index is 3.54. The predicted molar refractivity (Wildman–Crippen MR) is 51.6 cm³/mol. The SMILES string of the molecule is CC(C)(C)OCC(O)CCCC(F)(F)F. The molecular weight excluding hydrogens is 209 g/mol. The van der Waals surface area contributed by atoms with E-state index in [1.165, 1.54) is 0 Å². The molecule has 0 radical (unpaired) electrons. The van der Waals surface area contributed by atoms with Crippen LogP contribution < -0.4 is 0 Å². The largest absolute Gasteiger partial charge is 0.391 e. The van der Waals surface area contributed by atoms with Gasteiger partial charge in [-0.15, -0.1) is 0 Å². The van der Waals surface area contributed by atoms with Crippen molar-refractivity contribution < 1.29 is 23.0 Å². The quantitative estimate of drug-likeness (QED) is 0.784. The zero-order valence-corrected chi connectivity index (χ0v) is 9.40. The van der Waals surface area contributed by atoms with E-state index < -0.39 is 18.7 Å². The van der Waals surface area contributed by atoms with Crippen LogP contribution in [0.1, 0.15) is 40.0 Å². The summed E-state index contributed by atoms with van der Waals surface area (Å²) in [6, 6.07) is 0. The molecule has 0 aromatic carbocycles. The van der Waals surface area contributed by atoms with Gasteiger partial charge in [0, 0.05) is 6.42 Å². The highest BCUT2D eigenvalue weighted by molar-refractivity contribution is 4.63. The molecule has 15 heavy (non-hydrogen) atoms. The summed E-state index contributed by atoms with van der Waals surface area (Å²) in [6.07, 6.45) is -5.73. The third kappa shape index (κ3) is 11.6. The molecule has 2 nitrogen and oxygen atoms in total. The summed E-state index contributed by atoms with van der Waals surface area (Å²) >= 11 is 0. The Kier molecular flexibility index (Phi) is 5.59. The summed E-state index contributed by atoms with van der Waals surface area (Å²) in [5, 5.41) is 9.32. The van der Waals surface area contributed by atoms with Crippen LogP contribution in [0.4, 0.5) is 13.2 Å². The van der Waals surface area contributed by atoms with Gasteiger partial charge in [-0.3, -0.25) is 0 Å². The first kappa shape index (κ1) is 14.7. The summed E-state index contributed by atoms with van der Waals surface area (Å²) in [6.45, 7) is 5.57. The average Bonchev–Trinajstić information content (AvgIpc) is 1.97. The van der Waals surface area contributed by atoms with Crippen molar-refractivity contribution in [1.82, 2.24) is 0 Å². The zero-order valence-electron chi connectivity index (χ0n) is 9.40. The Labute approximate surface area is 88.4 Å². The number of hydrogen-bond donors (Lipinski definition) is 1. The maximum absolute atomic E-state index is 11.8. The van der Waals surface area contributed by atoms with E-state index in [4.69, 9.17) is 4.74 Å². The molecule has 1 unspecified atom stereocenters. The molecule has 1 N–H and O–H groups in total. The summed E-state index contributed by atoms with van der Waals surface area (Å²) in [5.41, 5.74) is -0.370. The Morgan fingerprint density at radius 3 is 2.13 bits per heavy atom. The van der Waals surface area contributed by atoms with Crippen LogP contribution in [0.25, 0.3) is 0 Å². The standard InChI is InChI=1S/C10H19F3O2/c1-9(2,3)15-7-8(14)5-4-6-10(11,12)13/h8,14H,4-7H2,1-3H3. The van der Waals surface area contributed by atoms with Crippen molar-refractivity contribution >= 4 is 0 Å². The van der Waals surface area contributed by atoms with Crippen LogP contribution >= 0.6 is 0 Å². The van der Waals surface area contributed by atoms with Gasteiger partial charge in [0.25, 0.3) is 0 Å². The van der Waals surface area contributed by atoms with Crippen LogP contribution in [0.15, 0.2) is 0 Å². The Bertz CT molecular complexity index is 172. The first-order chi connectivity index (χ1) is 6.60. The number of aliphatic hydroxyl groups is 1. The van der Waals surface area contributed by atoms with Crippen LogP contribution in [-0.2, 0) is 4.74 Å². The summed E-state index contributed by atoms with van der Waals surface area (Å²) in [5.74, 6) is 0. The first-order valence-electron chi connectivity index (χ1n) is 4.99. The number of halogens is 3. The van der Waals surface area contributed by atoms with Gasteiger partial charge in [-0.1, -0.05) is 0 Å². The van der Waals surface area contributed by atoms with E-state index in [-0.39, 0.29) is 25.0 Å². The van der Waals surface area contributed by atoms with Gasteiger partial charge in [-0.05, 0) is 33.6 Å². The van der Waals surface area contributed by atoms with Crippen molar-refractivity contribution in [3.63, 3.8) is 0 Å². The molecule has 5 heteroatoms. The fraction of sp³-hybridized carbons (Fsp3) is 1.00. The first-order valence-corrected chi connectivity index (χ1v) is 4.99. The van der Waals surface area contributed by atoms with Crippen LogP contribution in [0, 0.1) is 0 Å². The number of alkyl halides is 3. The Hall–Kier alpha value is -0.290. The van der Waals surface area contributed by atoms with E-state index in [0.717, 1.165) is 0 Å². The molecule has 0 heterocycles. The molecular formula is C10H19F3O2. The van der Waals surface area contributed by atoms with Gasteiger partial charge in [0.2, 0.25) is 0 Å². The van der Waals surface area contributed by atoms with Gasteiger partial charge < -0.3 is 9.84 Å². The maximum atomic E-state index is 11.8. The summed E-state index contributed by atoms with van der Waals surface area (Å²) in [4.78, 5) is 0. The lowest BCUT2D eigenvalue weighted by Crippen LogP contribution is -2.26. The topological polar surface area (TPSA) is 29.5 Å². The molecule has 0 aromatic heterocycles. The van der Waals surface area contributed by atoms with Crippen molar-refractivity contribution in [2.75, 3.05) is 6.61 Å². The minimum Gasteiger partial charge on any atom is -0.391 e. The number of ether oxygens (including phenoxy) is 1. The van der Waals surface area contributed by atoms with Crippen LogP contribution in [-0.4, -0.2) is 29.6 Å². The molecule has 0 saturated carbocycles. The lowest BCUT2D eigenvalue weighted by Gasteiger charge is -2.22. The lowest BCUT2D eigenvalue weighted by molar-refractivity contribution is -0.137. The highest BCUT2D eigenvalue weighted by Gasteiger charge is 2.26. The average molecular weight is 228 g/mol. The molecule has 0 bridgehead atoms. The van der Waals surface area contributed by atoms with Gasteiger partial charge >= 0.3 is 6.18 Å². The molecule has 0 fully saturated rings. The Morgan fingerprint density at radius 1 is 1.20 bits per heavy atom. The van der Waals surface area contributed by atoms with Crippen molar-refractivity contribution in [1.29, 1.82) is 0 Å². The minimum atomic E-state index is -4.13. The number of rotatable bonds is 5. The molecule has 0 amide bonds. The second kappa shape index (κ2) is 5.70. The van der Waals surface area contributed by atoms with Gasteiger partial charge in [0.1, 0.15) is 0 Å². The molecule has 0 aliphatic heterocycles. The second-order valence-electron chi connectivity index (χ2n) is 4.58.